The largest absolute Gasteiger partial charge is 0.396 e. The highest BCUT2D eigenvalue weighted by Gasteiger charge is 2.20. The quantitative estimate of drug-likeness (QED) is 0.758. The van der Waals surface area contributed by atoms with Crippen molar-refractivity contribution in [3.8, 4) is 0 Å². The Labute approximate surface area is 132 Å². The summed E-state index contributed by atoms with van der Waals surface area (Å²) in [6, 6.07) is 6.09. The molecule has 2 N–H and O–H groups in total. The first-order valence-corrected chi connectivity index (χ1v) is 7.96. The second-order valence-corrected chi connectivity index (χ2v) is 5.99. The zero-order valence-electron chi connectivity index (χ0n) is 12.6. The molecule has 0 saturated carbocycles. The van der Waals surface area contributed by atoms with Gasteiger partial charge in [-0.15, -0.1) is 0 Å². The van der Waals surface area contributed by atoms with E-state index in [9.17, 15) is 5.11 Å². The first-order valence-electron chi connectivity index (χ1n) is 7.58. The van der Waals surface area contributed by atoms with E-state index in [0.717, 1.165) is 44.0 Å². The van der Waals surface area contributed by atoms with Gasteiger partial charge in [-0.1, -0.05) is 17.7 Å². The summed E-state index contributed by atoms with van der Waals surface area (Å²) >= 11 is 6.17. The number of hydrogen-bond acceptors (Lipinski definition) is 4. The van der Waals surface area contributed by atoms with Gasteiger partial charge in [0.1, 0.15) is 0 Å². The minimum atomic E-state index is 0.300. The topological polar surface area (TPSA) is 44.7 Å². The fourth-order valence-corrected chi connectivity index (χ4v) is 2.90. The van der Waals surface area contributed by atoms with Crippen LogP contribution in [-0.2, 0) is 11.3 Å². The number of ether oxygens (including phenoxy) is 1. The Hall–Kier alpha value is -0.810. The maximum Gasteiger partial charge on any atom is 0.0587 e. The molecule has 5 heteroatoms. The van der Waals surface area contributed by atoms with Crippen LogP contribution in [0.2, 0.25) is 5.02 Å². The van der Waals surface area contributed by atoms with Gasteiger partial charge in [0.2, 0.25) is 0 Å². The van der Waals surface area contributed by atoms with Crippen LogP contribution in [-0.4, -0.2) is 45.1 Å². The number of piperidine rings is 1. The molecule has 0 spiro atoms. The van der Waals surface area contributed by atoms with E-state index in [0.29, 0.717) is 19.1 Å². The Morgan fingerprint density at radius 1 is 1.38 bits per heavy atom. The maximum absolute atomic E-state index is 9.25. The van der Waals surface area contributed by atoms with Crippen molar-refractivity contribution in [3.05, 3.63) is 28.8 Å². The minimum absolute atomic E-state index is 0.300. The van der Waals surface area contributed by atoms with Gasteiger partial charge in [0.25, 0.3) is 0 Å². The Morgan fingerprint density at radius 2 is 2.14 bits per heavy atom. The van der Waals surface area contributed by atoms with Crippen molar-refractivity contribution in [2.75, 3.05) is 44.9 Å². The molecule has 0 atom stereocenters. The predicted molar refractivity (Wildman–Crippen MR) is 87.1 cm³/mol. The number of hydrogen-bond donors (Lipinski definition) is 2. The van der Waals surface area contributed by atoms with Crippen LogP contribution < -0.4 is 10.2 Å². The summed E-state index contributed by atoms with van der Waals surface area (Å²) < 4.78 is 5.05. The number of methoxy groups -OCH3 is 1. The summed E-state index contributed by atoms with van der Waals surface area (Å²) in [7, 11) is 1.71. The summed E-state index contributed by atoms with van der Waals surface area (Å²) in [5.74, 6) is 0.448. The van der Waals surface area contributed by atoms with Gasteiger partial charge in [0, 0.05) is 50.6 Å². The molecular weight excluding hydrogens is 288 g/mol. The van der Waals surface area contributed by atoms with Crippen LogP contribution in [0.1, 0.15) is 18.4 Å². The van der Waals surface area contributed by atoms with E-state index in [1.165, 1.54) is 11.3 Å². The molecule has 1 fully saturated rings. The number of aliphatic hydroxyl groups is 1. The molecule has 0 radical (unpaired) electrons. The van der Waals surface area contributed by atoms with Crippen molar-refractivity contribution in [3.63, 3.8) is 0 Å². The molecule has 4 nitrogen and oxygen atoms in total. The molecule has 1 heterocycles. The lowest BCUT2D eigenvalue weighted by molar-refractivity contribution is 0.199. The molecule has 118 valence electrons. The van der Waals surface area contributed by atoms with Crippen LogP contribution in [0.3, 0.4) is 0 Å². The molecule has 1 aromatic rings. The van der Waals surface area contributed by atoms with Gasteiger partial charge in [-0.2, -0.15) is 0 Å². The second-order valence-electron chi connectivity index (χ2n) is 5.56. The van der Waals surface area contributed by atoms with E-state index < -0.39 is 0 Å². The van der Waals surface area contributed by atoms with E-state index in [-0.39, 0.29) is 0 Å². The summed E-state index contributed by atoms with van der Waals surface area (Å²) in [5, 5.41) is 13.4. The lowest BCUT2D eigenvalue weighted by atomic mass is 9.97. The number of rotatable bonds is 7. The van der Waals surface area contributed by atoms with E-state index in [2.05, 4.69) is 16.3 Å². The van der Waals surface area contributed by atoms with E-state index in [1.54, 1.807) is 7.11 Å². The first kappa shape index (κ1) is 16.6. The van der Waals surface area contributed by atoms with E-state index in [4.69, 9.17) is 16.3 Å². The molecule has 2 rings (SSSR count). The smallest absolute Gasteiger partial charge is 0.0587 e. The van der Waals surface area contributed by atoms with Crippen LogP contribution >= 0.6 is 11.6 Å². The van der Waals surface area contributed by atoms with Crippen LogP contribution in [0.4, 0.5) is 5.69 Å². The molecule has 0 unspecified atom stereocenters. The molecule has 0 aliphatic carbocycles. The number of anilines is 1. The van der Waals surface area contributed by atoms with Crippen molar-refractivity contribution in [2.24, 2.45) is 5.92 Å². The standard InChI is InChI=1S/C16H25ClN2O2/c1-21-9-6-18-11-14-2-3-15(17)10-16(14)19-7-4-13(12-20)5-8-19/h2-3,10,13,18,20H,4-9,11-12H2,1H3. The number of aliphatic hydroxyl groups excluding tert-OH is 1. The van der Waals surface area contributed by atoms with Gasteiger partial charge in [0.15, 0.2) is 0 Å². The maximum atomic E-state index is 9.25. The van der Waals surface area contributed by atoms with Crippen molar-refractivity contribution >= 4 is 17.3 Å². The third-order valence-electron chi connectivity index (χ3n) is 4.06. The van der Waals surface area contributed by atoms with Crippen LogP contribution in [0.15, 0.2) is 18.2 Å². The molecular formula is C16H25ClN2O2. The molecule has 0 bridgehead atoms. The molecule has 21 heavy (non-hydrogen) atoms. The molecule has 1 aliphatic heterocycles. The fraction of sp³-hybridized carbons (Fsp3) is 0.625. The molecule has 1 aromatic carbocycles. The van der Waals surface area contributed by atoms with E-state index in [1.807, 2.05) is 12.1 Å². The average Bonchev–Trinajstić information content (AvgIpc) is 2.53. The number of nitrogens with zero attached hydrogens (tertiary/aromatic N) is 1. The number of halogens is 1. The molecule has 1 saturated heterocycles. The Kier molecular flexibility index (Phi) is 6.77. The monoisotopic (exact) mass is 312 g/mol. The summed E-state index contributed by atoms with van der Waals surface area (Å²) in [6.07, 6.45) is 2.08. The predicted octanol–water partition coefficient (Wildman–Crippen LogP) is 2.28. The number of nitrogens with one attached hydrogen (secondary N) is 1. The van der Waals surface area contributed by atoms with Crippen LogP contribution in [0.5, 0.6) is 0 Å². The SMILES string of the molecule is COCCNCc1ccc(Cl)cc1N1CCC(CO)CC1. The van der Waals surface area contributed by atoms with Crippen molar-refractivity contribution < 1.29 is 9.84 Å². The molecule has 0 aromatic heterocycles. The lowest BCUT2D eigenvalue weighted by Gasteiger charge is -2.34. The highest BCUT2D eigenvalue weighted by molar-refractivity contribution is 6.30. The Bertz CT molecular complexity index is 434. The highest BCUT2D eigenvalue weighted by Crippen LogP contribution is 2.29. The first-order chi connectivity index (χ1) is 10.2. The van der Waals surface area contributed by atoms with Crippen LogP contribution in [0.25, 0.3) is 0 Å². The second kappa shape index (κ2) is 8.59. The third-order valence-corrected chi connectivity index (χ3v) is 4.29. The van der Waals surface area contributed by atoms with Gasteiger partial charge in [-0.3, -0.25) is 0 Å². The Morgan fingerprint density at radius 3 is 2.81 bits per heavy atom. The summed E-state index contributed by atoms with van der Waals surface area (Å²) in [5.41, 5.74) is 2.47. The van der Waals surface area contributed by atoms with Gasteiger partial charge >= 0.3 is 0 Å². The highest BCUT2D eigenvalue weighted by atomic mass is 35.5. The molecule has 1 aliphatic rings. The summed E-state index contributed by atoms with van der Waals surface area (Å²) in [4.78, 5) is 2.38. The normalized spacial score (nSPS) is 16.4. The lowest BCUT2D eigenvalue weighted by Crippen LogP contribution is -2.35. The summed E-state index contributed by atoms with van der Waals surface area (Å²) in [6.45, 7) is 4.63. The van der Waals surface area contributed by atoms with Gasteiger partial charge in [-0.25, -0.2) is 0 Å². The molecule has 0 amide bonds. The van der Waals surface area contributed by atoms with Crippen molar-refractivity contribution in [1.82, 2.24) is 5.32 Å². The van der Waals surface area contributed by atoms with Gasteiger partial charge < -0.3 is 20.1 Å². The minimum Gasteiger partial charge on any atom is -0.396 e. The van der Waals surface area contributed by atoms with Crippen molar-refractivity contribution in [1.29, 1.82) is 0 Å². The van der Waals surface area contributed by atoms with Gasteiger partial charge in [0.05, 0.1) is 6.61 Å². The average molecular weight is 313 g/mol. The van der Waals surface area contributed by atoms with Crippen LogP contribution in [0, 0.1) is 5.92 Å². The number of benzene rings is 1. The zero-order chi connectivity index (χ0) is 15.1. The zero-order valence-corrected chi connectivity index (χ0v) is 13.4. The van der Waals surface area contributed by atoms with Crippen molar-refractivity contribution in [2.45, 2.75) is 19.4 Å². The Balaban J connectivity index is 2.01. The van der Waals surface area contributed by atoms with E-state index >= 15 is 0 Å². The third kappa shape index (κ3) is 4.85. The fourth-order valence-electron chi connectivity index (χ4n) is 2.73. The van der Waals surface area contributed by atoms with Gasteiger partial charge in [-0.05, 0) is 36.5 Å².